The third-order valence-electron chi connectivity index (χ3n) is 15.6. The first-order chi connectivity index (χ1) is 22.1. The van der Waals surface area contributed by atoms with Gasteiger partial charge in [0.25, 0.3) is 0 Å². The number of carbonyl (C=O) groups is 2. The van der Waals surface area contributed by atoms with Crippen LogP contribution in [0.25, 0.3) is 0 Å². The molecule has 0 aromatic rings. The van der Waals surface area contributed by atoms with Gasteiger partial charge in [0.2, 0.25) is 0 Å². The van der Waals surface area contributed by atoms with Crippen LogP contribution < -0.4 is 0 Å². The topological polar surface area (TPSA) is 79.3 Å². The van der Waals surface area contributed by atoms with Crippen LogP contribution in [-0.2, 0) is 19.1 Å². The highest BCUT2D eigenvalue weighted by Crippen LogP contribution is 2.84. The van der Waals surface area contributed by atoms with Gasteiger partial charge in [-0.25, -0.2) is 0 Å². The lowest BCUT2D eigenvalue weighted by Gasteiger charge is -2.60. The van der Waals surface area contributed by atoms with Gasteiger partial charge >= 0.3 is 5.97 Å². The number of aldehydes is 1. The van der Waals surface area contributed by atoms with E-state index in [2.05, 4.69) is 50.5 Å². The molecule has 0 aromatic carbocycles. The number of ether oxygens (including phenoxy) is 2. The fraction of sp³-hybridized carbons (Fsp3) is 0.897. The number of nitrogens with zero attached hydrogens (tertiary/aromatic N) is 2. The standard InChI is InChI=1S/C39H60N2O5/c1-23(2)33-16-28-18-37(22-42)32-11-10-24(3)31(32)19-38(28,39(33,37)36(43)44)34-17-30(27-8-6-7-9-27)35(46-34)40-14-12-29(13-15-40)41-20-25(4)45-26(5)21-41/h16,22-32,34-35H,6-15,17-21H2,1-5H3,(H,43,44)/t24-,25-,26+,28?,30+,31-,32-,34-,35?,37?,38?,39?/m1/s1. The molecule has 4 saturated carbocycles. The fourth-order valence-corrected chi connectivity index (χ4v) is 14.1. The van der Waals surface area contributed by atoms with E-state index in [4.69, 9.17) is 9.47 Å². The van der Waals surface area contributed by atoms with E-state index in [-0.39, 0.29) is 42.3 Å². The van der Waals surface area contributed by atoms with Gasteiger partial charge in [0.1, 0.15) is 17.9 Å². The highest BCUT2D eigenvalue weighted by atomic mass is 16.5. The van der Waals surface area contributed by atoms with Crippen molar-refractivity contribution in [2.75, 3.05) is 26.2 Å². The van der Waals surface area contributed by atoms with Crippen LogP contribution in [0.5, 0.6) is 0 Å². The molecule has 8 aliphatic rings. The monoisotopic (exact) mass is 636 g/mol. The number of carboxylic acid groups (broad SMARTS) is 1. The minimum atomic E-state index is -1.15. The maximum absolute atomic E-state index is 14.2. The van der Waals surface area contributed by atoms with E-state index >= 15 is 0 Å². The zero-order valence-electron chi connectivity index (χ0n) is 29.2. The number of carboxylic acids is 1. The van der Waals surface area contributed by atoms with Crippen molar-refractivity contribution in [3.63, 3.8) is 0 Å². The second kappa shape index (κ2) is 11.4. The van der Waals surface area contributed by atoms with Crippen LogP contribution in [0.4, 0.5) is 0 Å². The number of aliphatic carboxylic acids is 1. The van der Waals surface area contributed by atoms with Crippen LogP contribution >= 0.6 is 0 Å². The van der Waals surface area contributed by atoms with Crippen molar-refractivity contribution in [1.29, 1.82) is 0 Å². The van der Waals surface area contributed by atoms with Crippen LogP contribution in [-0.4, -0.2) is 83.9 Å². The molecule has 4 bridgehead atoms. The second-order valence-corrected chi connectivity index (χ2v) is 17.8. The van der Waals surface area contributed by atoms with Crippen LogP contribution in [0.3, 0.4) is 0 Å². The lowest BCUT2D eigenvalue weighted by Crippen LogP contribution is -2.65. The highest BCUT2D eigenvalue weighted by molar-refractivity contribution is 5.90. The predicted molar refractivity (Wildman–Crippen MR) is 177 cm³/mol. The lowest BCUT2D eigenvalue weighted by molar-refractivity contribution is -0.204. The molecule has 7 heteroatoms. The molecule has 12 atom stereocenters. The average molecular weight is 637 g/mol. The van der Waals surface area contributed by atoms with E-state index in [9.17, 15) is 14.7 Å². The quantitative estimate of drug-likeness (QED) is 0.256. The Morgan fingerprint density at radius 1 is 0.935 bits per heavy atom. The molecule has 0 spiro atoms. The van der Waals surface area contributed by atoms with Gasteiger partial charge in [0.05, 0.1) is 23.7 Å². The van der Waals surface area contributed by atoms with Gasteiger partial charge in [-0.3, -0.25) is 14.6 Å². The Morgan fingerprint density at radius 3 is 2.26 bits per heavy atom. The predicted octanol–water partition coefficient (Wildman–Crippen LogP) is 6.41. The minimum absolute atomic E-state index is 0.0589. The molecular formula is C39H60N2O5. The summed E-state index contributed by atoms with van der Waals surface area (Å²) in [7, 11) is 0. The first-order valence-corrected chi connectivity index (χ1v) is 19.3. The van der Waals surface area contributed by atoms with Gasteiger partial charge in [0, 0.05) is 43.6 Å². The first kappa shape index (κ1) is 32.0. The zero-order chi connectivity index (χ0) is 32.2. The maximum Gasteiger partial charge on any atom is 0.315 e. The van der Waals surface area contributed by atoms with Crippen LogP contribution in [0.1, 0.15) is 105 Å². The Balaban J connectivity index is 1.14. The van der Waals surface area contributed by atoms with E-state index in [0.29, 0.717) is 36.1 Å². The third-order valence-corrected chi connectivity index (χ3v) is 15.6. The number of likely N-dealkylation sites (tertiary alicyclic amines) is 1. The number of hydrogen-bond donors (Lipinski definition) is 1. The molecule has 46 heavy (non-hydrogen) atoms. The van der Waals surface area contributed by atoms with Crippen molar-refractivity contribution in [1.82, 2.24) is 9.80 Å². The molecule has 0 radical (unpaired) electrons. The Hall–Kier alpha value is -1.28. The summed E-state index contributed by atoms with van der Waals surface area (Å²) < 4.78 is 13.6. The SMILES string of the molecule is CC(C)C1=CC2CC3(C=O)[C@@H]4CC[C@@H](C)[C@H]4CC2([C@H]2C[C@@H](C4CCCC4)C(N4CCC(N5C[C@@H](C)O[C@@H](C)C5)CC4)O2)C13C(=O)O. The Bertz CT molecular complexity index is 1230. The number of carbonyl (C=O) groups excluding carboxylic acids is 1. The summed E-state index contributed by atoms with van der Waals surface area (Å²) in [5.74, 6) is 1.67. The van der Waals surface area contributed by atoms with Crippen molar-refractivity contribution in [2.45, 2.75) is 136 Å². The molecule has 7 fully saturated rings. The smallest absolute Gasteiger partial charge is 0.315 e. The van der Waals surface area contributed by atoms with Gasteiger partial charge < -0.3 is 19.4 Å². The van der Waals surface area contributed by atoms with E-state index in [1.165, 1.54) is 32.0 Å². The summed E-state index contributed by atoms with van der Waals surface area (Å²) in [6.45, 7) is 15.2. The summed E-state index contributed by atoms with van der Waals surface area (Å²) in [4.78, 5) is 33.2. The van der Waals surface area contributed by atoms with Gasteiger partial charge in [-0.05, 0) is 87.9 Å². The maximum atomic E-state index is 14.2. The number of hydrogen-bond acceptors (Lipinski definition) is 6. The Labute approximate surface area is 277 Å². The number of morpholine rings is 1. The summed E-state index contributed by atoms with van der Waals surface area (Å²) in [6.07, 6.45) is 16.2. The second-order valence-electron chi connectivity index (χ2n) is 17.8. The molecule has 0 amide bonds. The number of allylic oxidation sites excluding steroid dienone is 1. The molecule has 1 N–H and O–H groups in total. The molecule has 3 aliphatic heterocycles. The van der Waals surface area contributed by atoms with Crippen molar-refractivity contribution >= 4 is 12.3 Å². The zero-order valence-corrected chi connectivity index (χ0v) is 29.2. The van der Waals surface area contributed by atoms with Crippen LogP contribution in [0.15, 0.2) is 11.6 Å². The lowest BCUT2D eigenvalue weighted by atomic mass is 9.41. The molecule has 8 rings (SSSR count). The number of rotatable bonds is 7. The summed E-state index contributed by atoms with van der Waals surface area (Å²) in [5, 5.41) is 11.6. The van der Waals surface area contributed by atoms with Crippen molar-refractivity contribution in [3.05, 3.63) is 11.6 Å². The molecule has 0 aromatic heterocycles. The van der Waals surface area contributed by atoms with E-state index in [1.807, 2.05) is 0 Å². The average Bonchev–Trinajstić information content (AvgIpc) is 3.84. The number of fused-ring (bicyclic) bond motifs is 2. The van der Waals surface area contributed by atoms with E-state index in [1.54, 1.807) is 0 Å². The largest absolute Gasteiger partial charge is 0.481 e. The molecular weight excluding hydrogens is 576 g/mol. The highest BCUT2D eigenvalue weighted by Gasteiger charge is 2.86. The molecule has 3 heterocycles. The molecule has 5 unspecified atom stereocenters. The van der Waals surface area contributed by atoms with Gasteiger partial charge in [0.15, 0.2) is 0 Å². The van der Waals surface area contributed by atoms with Gasteiger partial charge in [-0.1, -0.05) is 64.5 Å². The van der Waals surface area contributed by atoms with Crippen molar-refractivity contribution in [3.8, 4) is 0 Å². The van der Waals surface area contributed by atoms with Crippen molar-refractivity contribution in [2.24, 2.45) is 57.7 Å². The van der Waals surface area contributed by atoms with Gasteiger partial charge in [-0.2, -0.15) is 0 Å². The normalized spacial score (nSPS) is 50.0. The van der Waals surface area contributed by atoms with E-state index in [0.717, 1.165) is 70.3 Å². The van der Waals surface area contributed by atoms with Crippen molar-refractivity contribution < 1.29 is 24.2 Å². The summed E-state index contributed by atoms with van der Waals surface area (Å²) in [5.41, 5.74) is -1.47. The number of piperidine rings is 1. The van der Waals surface area contributed by atoms with Gasteiger partial charge in [-0.15, -0.1) is 0 Å². The third kappa shape index (κ3) is 4.16. The van der Waals surface area contributed by atoms with Crippen LogP contribution in [0.2, 0.25) is 0 Å². The summed E-state index contributed by atoms with van der Waals surface area (Å²) >= 11 is 0. The van der Waals surface area contributed by atoms with E-state index < -0.39 is 22.2 Å². The Kier molecular flexibility index (Phi) is 7.91. The molecule has 3 saturated heterocycles. The summed E-state index contributed by atoms with van der Waals surface area (Å²) in [6, 6.07) is 0.594. The Morgan fingerprint density at radius 2 is 1.63 bits per heavy atom. The first-order valence-electron chi connectivity index (χ1n) is 19.3. The van der Waals surface area contributed by atoms with Crippen LogP contribution in [0, 0.1) is 57.7 Å². The molecule has 5 aliphatic carbocycles. The fourth-order valence-electron chi connectivity index (χ4n) is 14.1. The molecule has 256 valence electrons. The minimum Gasteiger partial charge on any atom is -0.481 e. The molecule has 7 nitrogen and oxygen atoms in total.